The molecule has 1 aliphatic heterocycles. The molecule has 27 heavy (non-hydrogen) atoms. The summed E-state index contributed by atoms with van der Waals surface area (Å²) in [6, 6.07) is 13.7. The molecule has 138 valence electrons. The number of likely N-dealkylation sites (tertiary alicyclic amines) is 1. The number of amides is 2. The Bertz CT molecular complexity index is 957. The Morgan fingerprint density at radius 3 is 2.63 bits per heavy atom. The monoisotopic (exact) mass is 365 g/mol. The van der Waals surface area contributed by atoms with Crippen LogP contribution >= 0.6 is 0 Å². The summed E-state index contributed by atoms with van der Waals surface area (Å²) in [6.07, 6.45) is 2.46. The zero-order valence-corrected chi connectivity index (χ0v) is 14.6. The van der Waals surface area contributed by atoms with Crippen LogP contribution in [0.4, 0.5) is 0 Å². The highest BCUT2D eigenvalue weighted by atomic mass is 16.3. The van der Waals surface area contributed by atoms with Crippen LogP contribution in [-0.2, 0) is 11.2 Å². The molecular weight excluding hydrogens is 346 g/mol. The smallest absolute Gasteiger partial charge is 0.270 e. The Balaban J connectivity index is 1.27. The van der Waals surface area contributed by atoms with E-state index in [1.807, 2.05) is 42.5 Å². The zero-order valence-electron chi connectivity index (χ0n) is 14.6. The number of carbonyl (C=O) groups is 2. The molecule has 0 saturated carbocycles. The third kappa shape index (κ3) is 3.59. The lowest BCUT2D eigenvalue weighted by atomic mass is 10.1. The molecule has 0 bridgehead atoms. The van der Waals surface area contributed by atoms with Crippen LogP contribution in [0.15, 0.2) is 53.1 Å². The number of furan rings is 1. The van der Waals surface area contributed by atoms with Crippen LogP contribution in [0.2, 0.25) is 0 Å². The van der Waals surface area contributed by atoms with Crippen molar-refractivity contribution in [3.05, 3.63) is 60.1 Å². The van der Waals surface area contributed by atoms with Crippen molar-refractivity contribution in [1.29, 1.82) is 0 Å². The number of aromatic nitrogens is 3. The van der Waals surface area contributed by atoms with Crippen molar-refractivity contribution in [2.75, 3.05) is 13.1 Å². The molecule has 1 saturated heterocycles. The Labute approximate surface area is 155 Å². The van der Waals surface area contributed by atoms with Gasteiger partial charge in [-0.2, -0.15) is 0 Å². The molecular formula is C19H19N5O3. The normalized spacial score (nSPS) is 14.1. The summed E-state index contributed by atoms with van der Waals surface area (Å²) < 4.78 is 7.42. The van der Waals surface area contributed by atoms with E-state index in [-0.39, 0.29) is 17.6 Å². The third-order valence-corrected chi connectivity index (χ3v) is 4.66. The molecule has 0 aliphatic carbocycles. The van der Waals surface area contributed by atoms with Gasteiger partial charge in [-0.1, -0.05) is 35.5 Å². The average molecular weight is 365 g/mol. The van der Waals surface area contributed by atoms with Crippen LogP contribution in [0.25, 0.3) is 11.3 Å². The van der Waals surface area contributed by atoms with E-state index in [1.165, 1.54) is 6.20 Å². The molecule has 3 aromatic rings. The van der Waals surface area contributed by atoms with Crippen molar-refractivity contribution < 1.29 is 14.0 Å². The number of nitrogens with two attached hydrogens (primary N) is 1. The summed E-state index contributed by atoms with van der Waals surface area (Å²) in [7, 11) is 0. The topological polar surface area (TPSA) is 107 Å². The number of rotatable bonds is 6. The fourth-order valence-corrected chi connectivity index (χ4v) is 3.05. The van der Waals surface area contributed by atoms with E-state index in [0.29, 0.717) is 25.9 Å². The van der Waals surface area contributed by atoms with Crippen LogP contribution in [-0.4, -0.2) is 44.8 Å². The molecule has 1 aromatic carbocycles. The number of carbonyl (C=O) groups excluding carboxylic acids is 2. The molecule has 8 nitrogen and oxygen atoms in total. The van der Waals surface area contributed by atoms with Crippen molar-refractivity contribution >= 4 is 11.8 Å². The highest BCUT2D eigenvalue weighted by Crippen LogP contribution is 2.24. The molecule has 2 amide bonds. The quantitative estimate of drug-likeness (QED) is 0.715. The Kier molecular flexibility index (Phi) is 4.45. The fourth-order valence-electron chi connectivity index (χ4n) is 3.05. The minimum absolute atomic E-state index is 0.0304. The molecule has 0 radical (unpaired) electrons. The Morgan fingerprint density at radius 1 is 1.15 bits per heavy atom. The van der Waals surface area contributed by atoms with Gasteiger partial charge in [-0.3, -0.25) is 9.59 Å². The highest BCUT2D eigenvalue weighted by Gasteiger charge is 2.32. The van der Waals surface area contributed by atoms with E-state index in [0.717, 1.165) is 17.1 Å². The first-order valence-corrected chi connectivity index (χ1v) is 8.73. The standard InChI is InChI=1S/C19H19N5O3/c20-19(26)16-12-24(22-21-16)14-10-23(11-14)18(25)9-7-15-6-8-17(27-15)13-4-2-1-3-5-13/h1-6,8,12,14H,7,9-11H2,(H2,20,26). The highest BCUT2D eigenvalue weighted by molar-refractivity contribution is 5.90. The predicted molar refractivity (Wildman–Crippen MR) is 96.6 cm³/mol. The van der Waals surface area contributed by atoms with Gasteiger partial charge in [0.25, 0.3) is 5.91 Å². The molecule has 8 heteroatoms. The molecule has 0 unspecified atom stereocenters. The Morgan fingerprint density at radius 2 is 1.93 bits per heavy atom. The van der Waals surface area contributed by atoms with Crippen molar-refractivity contribution in [3.63, 3.8) is 0 Å². The van der Waals surface area contributed by atoms with Crippen LogP contribution in [0.3, 0.4) is 0 Å². The number of hydrogen-bond acceptors (Lipinski definition) is 5. The van der Waals surface area contributed by atoms with Gasteiger partial charge in [0.1, 0.15) is 11.5 Å². The van der Waals surface area contributed by atoms with Gasteiger partial charge in [0, 0.05) is 31.5 Å². The summed E-state index contributed by atoms with van der Waals surface area (Å²) in [5, 5.41) is 7.61. The van der Waals surface area contributed by atoms with Crippen LogP contribution in [0.1, 0.15) is 28.7 Å². The minimum atomic E-state index is -0.609. The summed E-state index contributed by atoms with van der Waals surface area (Å²) in [5.74, 6) is 1.06. The number of hydrogen-bond donors (Lipinski definition) is 1. The van der Waals surface area contributed by atoms with Crippen LogP contribution in [0.5, 0.6) is 0 Å². The van der Waals surface area contributed by atoms with Gasteiger partial charge in [0.05, 0.1) is 12.2 Å². The lowest BCUT2D eigenvalue weighted by Crippen LogP contribution is -2.51. The summed E-state index contributed by atoms with van der Waals surface area (Å²) in [5.41, 5.74) is 6.32. The first kappa shape index (κ1) is 17.0. The first-order valence-electron chi connectivity index (χ1n) is 8.73. The van der Waals surface area contributed by atoms with Gasteiger partial charge in [0.2, 0.25) is 5.91 Å². The first-order chi connectivity index (χ1) is 13.1. The maximum Gasteiger partial charge on any atom is 0.270 e. The number of aryl methyl sites for hydroxylation is 1. The molecule has 1 fully saturated rings. The van der Waals surface area contributed by atoms with E-state index < -0.39 is 5.91 Å². The van der Waals surface area contributed by atoms with Gasteiger partial charge >= 0.3 is 0 Å². The van der Waals surface area contributed by atoms with Gasteiger partial charge in [-0.05, 0) is 12.1 Å². The lowest BCUT2D eigenvalue weighted by Gasteiger charge is -2.38. The molecule has 0 atom stereocenters. The second-order valence-corrected chi connectivity index (χ2v) is 6.53. The van der Waals surface area contributed by atoms with E-state index in [2.05, 4.69) is 10.3 Å². The van der Waals surface area contributed by atoms with Crippen molar-refractivity contribution in [3.8, 4) is 11.3 Å². The molecule has 2 aromatic heterocycles. The Hall–Kier alpha value is -3.42. The fraction of sp³-hybridized carbons (Fsp3) is 0.263. The van der Waals surface area contributed by atoms with E-state index in [9.17, 15) is 9.59 Å². The predicted octanol–water partition coefficient (Wildman–Crippen LogP) is 1.65. The van der Waals surface area contributed by atoms with E-state index >= 15 is 0 Å². The van der Waals surface area contributed by atoms with Crippen molar-refractivity contribution in [1.82, 2.24) is 19.9 Å². The van der Waals surface area contributed by atoms with Crippen LogP contribution < -0.4 is 5.73 Å². The number of benzene rings is 1. The maximum absolute atomic E-state index is 12.3. The van der Waals surface area contributed by atoms with Crippen molar-refractivity contribution in [2.45, 2.75) is 18.9 Å². The van der Waals surface area contributed by atoms with Gasteiger partial charge < -0.3 is 15.1 Å². The third-order valence-electron chi connectivity index (χ3n) is 4.66. The SMILES string of the molecule is NC(=O)c1cn(C2CN(C(=O)CCc3ccc(-c4ccccc4)o3)C2)nn1. The molecule has 3 heterocycles. The van der Waals surface area contributed by atoms with Gasteiger partial charge in [0.15, 0.2) is 5.69 Å². The summed E-state index contributed by atoms with van der Waals surface area (Å²) in [4.78, 5) is 25.2. The molecule has 4 rings (SSSR count). The van der Waals surface area contributed by atoms with Gasteiger partial charge in [-0.25, -0.2) is 4.68 Å². The summed E-state index contributed by atoms with van der Waals surface area (Å²) in [6.45, 7) is 1.10. The van der Waals surface area contributed by atoms with Crippen LogP contribution in [0, 0.1) is 0 Å². The maximum atomic E-state index is 12.3. The van der Waals surface area contributed by atoms with Gasteiger partial charge in [-0.15, -0.1) is 5.10 Å². The molecule has 0 spiro atoms. The summed E-state index contributed by atoms with van der Waals surface area (Å²) >= 11 is 0. The largest absolute Gasteiger partial charge is 0.461 e. The second kappa shape index (κ2) is 7.06. The lowest BCUT2D eigenvalue weighted by molar-refractivity contribution is -0.137. The van der Waals surface area contributed by atoms with E-state index in [4.69, 9.17) is 10.2 Å². The zero-order chi connectivity index (χ0) is 18.8. The second-order valence-electron chi connectivity index (χ2n) is 6.53. The average Bonchev–Trinajstić information content (AvgIpc) is 3.29. The number of primary amides is 1. The molecule has 2 N–H and O–H groups in total. The number of nitrogens with zero attached hydrogens (tertiary/aromatic N) is 4. The van der Waals surface area contributed by atoms with Crippen molar-refractivity contribution in [2.24, 2.45) is 5.73 Å². The minimum Gasteiger partial charge on any atom is -0.461 e. The van der Waals surface area contributed by atoms with E-state index in [1.54, 1.807) is 9.58 Å². The molecule has 1 aliphatic rings.